The second-order valence-corrected chi connectivity index (χ2v) is 5.27. The number of rotatable bonds is 7. The molecule has 0 fully saturated rings. The number of nitrogens with zero attached hydrogens (tertiary/aromatic N) is 2. The summed E-state index contributed by atoms with van der Waals surface area (Å²) in [7, 11) is 0. The summed E-state index contributed by atoms with van der Waals surface area (Å²) in [4.78, 5) is 11.8. The van der Waals surface area contributed by atoms with E-state index in [4.69, 9.17) is 5.73 Å². The minimum atomic E-state index is 0.0428. The maximum Gasteiger partial charge on any atom is 0.220 e. The van der Waals surface area contributed by atoms with Crippen molar-refractivity contribution in [3.63, 3.8) is 0 Å². The summed E-state index contributed by atoms with van der Waals surface area (Å²) in [6, 6.07) is 10.0. The minimum Gasteiger partial charge on any atom is -0.352 e. The molecular weight excluding hydrogens is 264 g/mol. The summed E-state index contributed by atoms with van der Waals surface area (Å²) in [6.45, 7) is 3.15. The molecular formula is C16H22N4O. The van der Waals surface area contributed by atoms with Crippen molar-refractivity contribution in [3.05, 3.63) is 53.9 Å². The van der Waals surface area contributed by atoms with Gasteiger partial charge in [0, 0.05) is 31.4 Å². The van der Waals surface area contributed by atoms with E-state index in [1.54, 1.807) is 6.20 Å². The number of hydrogen-bond acceptors (Lipinski definition) is 3. The molecule has 0 radical (unpaired) electrons. The van der Waals surface area contributed by atoms with Gasteiger partial charge in [-0.25, -0.2) is 0 Å². The Hall–Kier alpha value is -2.14. The van der Waals surface area contributed by atoms with Crippen LogP contribution >= 0.6 is 0 Å². The van der Waals surface area contributed by atoms with Crippen molar-refractivity contribution < 1.29 is 4.79 Å². The van der Waals surface area contributed by atoms with Gasteiger partial charge in [-0.3, -0.25) is 9.48 Å². The van der Waals surface area contributed by atoms with Gasteiger partial charge in [-0.15, -0.1) is 0 Å². The molecule has 5 heteroatoms. The number of benzene rings is 1. The topological polar surface area (TPSA) is 72.9 Å². The van der Waals surface area contributed by atoms with Gasteiger partial charge >= 0.3 is 0 Å². The summed E-state index contributed by atoms with van der Waals surface area (Å²) < 4.78 is 1.87. The molecule has 112 valence electrons. The Morgan fingerprint density at radius 3 is 2.76 bits per heavy atom. The van der Waals surface area contributed by atoms with E-state index in [-0.39, 0.29) is 11.9 Å². The summed E-state index contributed by atoms with van der Waals surface area (Å²) >= 11 is 0. The molecule has 2 rings (SSSR count). The molecule has 1 heterocycles. The van der Waals surface area contributed by atoms with Crippen LogP contribution in [0.25, 0.3) is 0 Å². The van der Waals surface area contributed by atoms with Gasteiger partial charge in [-0.05, 0) is 30.5 Å². The largest absolute Gasteiger partial charge is 0.352 e. The Labute approximate surface area is 125 Å². The first-order chi connectivity index (χ1) is 10.1. The van der Waals surface area contributed by atoms with Crippen LogP contribution in [0.3, 0.4) is 0 Å². The highest BCUT2D eigenvalue weighted by Crippen LogP contribution is 2.10. The number of nitrogens with two attached hydrogens (primary N) is 1. The normalized spacial score (nSPS) is 12.1. The maximum atomic E-state index is 11.8. The third-order valence-electron chi connectivity index (χ3n) is 3.31. The number of carbonyl (C=O) groups excluding carboxylic acids is 1. The van der Waals surface area contributed by atoms with Crippen LogP contribution in [-0.2, 0) is 17.9 Å². The zero-order chi connectivity index (χ0) is 15.1. The monoisotopic (exact) mass is 286 g/mol. The van der Waals surface area contributed by atoms with Gasteiger partial charge in [0.05, 0.1) is 6.54 Å². The molecule has 0 aliphatic carbocycles. The first kappa shape index (κ1) is 15.3. The van der Waals surface area contributed by atoms with Crippen LogP contribution in [0.1, 0.15) is 30.9 Å². The molecule has 21 heavy (non-hydrogen) atoms. The van der Waals surface area contributed by atoms with Gasteiger partial charge in [-0.2, -0.15) is 5.10 Å². The first-order valence-corrected chi connectivity index (χ1v) is 7.21. The van der Waals surface area contributed by atoms with Crippen LogP contribution in [0.4, 0.5) is 0 Å². The molecule has 0 aliphatic heterocycles. The number of carbonyl (C=O) groups is 1. The van der Waals surface area contributed by atoms with Gasteiger partial charge in [0.25, 0.3) is 0 Å². The molecule has 0 saturated carbocycles. The van der Waals surface area contributed by atoms with Crippen molar-refractivity contribution >= 4 is 5.91 Å². The SMILES string of the molecule is CC(N)CCC(=O)NCc1ccccc1Cn1cccn1. The summed E-state index contributed by atoms with van der Waals surface area (Å²) in [5, 5.41) is 7.16. The van der Waals surface area contributed by atoms with Gasteiger partial charge in [-0.1, -0.05) is 24.3 Å². The van der Waals surface area contributed by atoms with E-state index in [0.29, 0.717) is 25.9 Å². The Kier molecular flexibility index (Phi) is 5.51. The van der Waals surface area contributed by atoms with Crippen molar-refractivity contribution in [1.82, 2.24) is 15.1 Å². The standard InChI is InChI=1S/C16H22N4O/c1-13(17)7-8-16(21)18-11-14-5-2-3-6-15(14)12-20-10-4-9-19-20/h2-6,9-10,13H,7-8,11-12,17H2,1H3,(H,18,21). The molecule has 5 nitrogen and oxygen atoms in total. The van der Waals surface area contributed by atoms with E-state index in [2.05, 4.69) is 16.5 Å². The number of hydrogen-bond donors (Lipinski definition) is 2. The van der Waals surface area contributed by atoms with Crippen molar-refractivity contribution in [2.24, 2.45) is 5.73 Å². The zero-order valence-corrected chi connectivity index (χ0v) is 12.3. The van der Waals surface area contributed by atoms with E-state index in [1.165, 1.54) is 0 Å². The maximum absolute atomic E-state index is 11.8. The molecule has 1 unspecified atom stereocenters. The third-order valence-corrected chi connectivity index (χ3v) is 3.31. The second kappa shape index (κ2) is 7.59. The van der Waals surface area contributed by atoms with Crippen LogP contribution in [0.5, 0.6) is 0 Å². The van der Waals surface area contributed by atoms with Crippen molar-refractivity contribution in [1.29, 1.82) is 0 Å². The van der Waals surface area contributed by atoms with Gasteiger partial charge < -0.3 is 11.1 Å². The lowest BCUT2D eigenvalue weighted by molar-refractivity contribution is -0.121. The van der Waals surface area contributed by atoms with Crippen LogP contribution in [0, 0.1) is 0 Å². The summed E-state index contributed by atoms with van der Waals surface area (Å²) in [5.74, 6) is 0.0428. The average Bonchev–Trinajstić information content (AvgIpc) is 2.97. The predicted octanol–water partition coefficient (Wildman–Crippen LogP) is 1.67. The number of amides is 1. The molecule has 0 aliphatic rings. The van der Waals surface area contributed by atoms with Crippen LogP contribution in [0.15, 0.2) is 42.7 Å². The highest BCUT2D eigenvalue weighted by molar-refractivity contribution is 5.75. The van der Waals surface area contributed by atoms with Gasteiger partial charge in [0.15, 0.2) is 0 Å². The fraction of sp³-hybridized carbons (Fsp3) is 0.375. The van der Waals surface area contributed by atoms with Crippen molar-refractivity contribution in [3.8, 4) is 0 Å². The Morgan fingerprint density at radius 2 is 2.10 bits per heavy atom. The highest BCUT2D eigenvalue weighted by atomic mass is 16.1. The third kappa shape index (κ3) is 5.04. The molecule has 3 N–H and O–H groups in total. The molecule has 1 aromatic carbocycles. The van der Waals surface area contributed by atoms with Crippen LogP contribution in [0.2, 0.25) is 0 Å². The van der Waals surface area contributed by atoms with E-state index < -0.39 is 0 Å². The number of nitrogens with one attached hydrogen (secondary N) is 1. The fourth-order valence-electron chi connectivity index (χ4n) is 2.09. The average molecular weight is 286 g/mol. The fourth-order valence-corrected chi connectivity index (χ4v) is 2.09. The number of aromatic nitrogens is 2. The predicted molar refractivity (Wildman–Crippen MR) is 82.5 cm³/mol. The Balaban J connectivity index is 1.92. The Morgan fingerprint density at radius 1 is 1.33 bits per heavy atom. The van der Waals surface area contributed by atoms with E-state index in [0.717, 1.165) is 11.1 Å². The van der Waals surface area contributed by atoms with Crippen molar-refractivity contribution in [2.75, 3.05) is 0 Å². The van der Waals surface area contributed by atoms with Gasteiger partial charge in [0.1, 0.15) is 0 Å². The lowest BCUT2D eigenvalue weighted by atomic mass is 10.1. The minimum absolute atomic E-state index is 0.0428. The molecule has 0 bridgehead atoms. The lowest BCUT2D eigenvalue weighted by Crippen LogP contribution is -2.26. The summed E-state index contributed by atoms with van der Waals surface area (Å²) in [6.07, 6.45) is 4.87. The second-order valence-electron chi connectivity index (χ2n) is 5.27. The molecule has 0 spiro atoms. The quantitative estimate of drug-likeness (QED) is 0.813. The molecule has 1 atom stereocenters. The molecule has 1 aromatic heterocycles. The molecule has 0 saturated heterocycles. The van der Waals surface area contributed by atoms with Crippen LogP contribution < -0.4 is 11.1 Å². The van der Waals surface area contributed by atoms with Gasteiger partial charge in [0.2, 0.25) is 5.91 Å². The van der Waals surface area contributed by atoms with Crippen LogP contribution in [-0.4, -0.2) is 21.7 Å². The van der Waals surface area contributed by atoms with E-state index in [9.17, 15) is 4.79 Å². The van der Waals surface area contributed by atoms with Crippen molar-refractivity contribution in [2.45, 2.75) is 38.9 Å². The molecule has 1 amide bonds. The zero-order valence-electron chi connectivity index (χ0n) is 12.3. The molecule has 2 aromatic rings. The highest BCUT2D eigenvalue weighted by Gasteiger charge is 2.06. The Bertz CT molecular complexity index is 563. The lowest BCUT2D eigenvalue weighted by Gasteiger charge is -2.11. The van der Waals surface area contributed by atoms with E-state index in [1.807, 2.05) is 42.1 Å². The van der Waals surface area contributed by atoms with E-state index >= 15 is 0 Å². The summed E-state index contributed by atoms with van der Waals surface area (Å²) in [5.41, 5.74) is 7.93. The smallest absolute Gasteiger partial charge is 0.220 e. The first-order valence-electron chi connectivity index (χ1n) is 7.21.